The van der Waals surface area contributed by atoms with E-state index in [1.165, 1.54) is 11.3 Å². The fourth-order valence-electron chi connectivity index (χ4n) is 3.04. The molecule has 0 aliphatic carbocycles. The molecule has 0 fully saturated rings. The highest BCUT2D eigenvalue weighted by Gasteiger charge is 2.14. The SMILES string of the molecule is O=C(CCc1ccccc1)Nc1nc(C(=O)Nc2cccc3ccccc23)cs1. The first-order valence-electron chi connectivity index (χ1n) is 9.27. The van der Waals surface area contributed by atoms with Crippen LogP contribution in [-0.4, -0.2) is 16.8 Å². The van der Waals surface area contributed by atoms with E-state index in [-0.39, 0.29) is 17.5 Å². The molecule has 0 unspecified atom stereocenters. The van der Waals surface area contributed by atoms with Gasteiger partial charge in [-0.1, -0.05) is 66.7 Å². The van der Waals surface area contributed by atoms with Crippen LogP contribution in [0.3, 0.4) is 0 Å². The number of hydrogen-bond acceptors (Lipinski definition) is 4. The first-order chi connectivity index (χ1) is 14.2. The van der Waals surface area contributed by atoms with Crippen LogP contribution in [0.2, 0.25) is 0 Å². The van der Waals surface area contributed by atoms with Gasteiger partial charge in [-0.25, -0.2) is 4.98 Å². The van der Waals surface area contributed by atoms with Crippen molar-refractivity contribution in [2.45, 2.75) is 12.8 Å². The van der Waals surface area contributed by atoms with Crippen molar-refractivity contribution < 1.29 is 9.59 Å². The van der Waals surface area contributed by atoms with Crippen LogP contribution in [0.15, 0.2) is 78.2 Å². The molecule has 2 amide bonds. The van der Waals surface area contributed by atoms with E-state index in [0.29, 0.717) is 18.0 Å². The van der Waals surface area contributed by atoms with Gasteiger partial charge in [0.2, 0.25) is 5.91 Å². The molecule has 0 saturated carbocycles. The number of hydrogen-bond donors (Lipinski definition) is 2. The third kappa shape index (κ3) is 4.67. The fraction of sp³-hybridized carbons (Fsp3) is 0.0870. The minimum atomic E-state index is -0.303. The maximum atomic E-state index is 12.6. The number of aromatic nitrogens is 1. The predicted octanol–water partition coefficient (Wildman–Crippen LogP) is 5.12. The Hall–Kier alpha value is -3.51. The Morgan fingerprint density at radius 3 is 2.48 bits per heavy atom. The Bertz CT molecular complexity index is 1150. The number of carbonyl (C=O) groups excluding carboxylic acids is 2. The Kier molecular flexibility index (Phi) is 5.63. The van der Waals surface area contributed by atoms with Gasteiger partial charge in [0.05, 0.1) is 0 Å². The van der Waals surface area contributed by atoms with Crippen molar-refractivity contribution in [2.75, 3.05) is 10.6 Å². The van der Waals surface area contributed by atoms with Crippen molar-refractivity contribution in [2.24, 2.45) is 0 Å². The summed E-state index contributed by atoms with van der Waals surface area (Å²) in [4.78, 5) is 29.0. The summed E-state index contributed by atoms with van der Waals surface area (Å²) in [5.74, 6) is -0.424. The van der Waals surface area contributed by atoms with Gasteiger partial charge >= 0.3 is 0 Å². The van der Waals surface area contributed by atoms with Gasteiger partial charge in [-0.15, -0.1) is 11.3 Å². The molecule has 4 aromatic rings. The number of rotatable bonds is 6. The Balaban J connectivity index is 1.38. The second kappa shape index (κ2) is 8.67. The molecular weight excluding hydrogens is 382 g/mol. The summed E-state index contributed by atoms with van der Waals surface area (Å²) in [6.07, 6.45) is 1.02. The summed E-state index contributed by atoms with van der Waals surface area (Å²) in [6, 6.07) is 23.5. The summed E-state index contributed by atoms with van der Waals surface area (Å²) in [7, 11) is 0. The van der Waals surface area contributed by atoms with Gasteiger partial charge in [0.15, 0.2) is 5.13 Å². The van der Waals surface area contributed by atoms with Crippen molar-refractivity contribution in [1.82, 2.24) is 4.98 Å². The van der Waals surface area contributed by atoms with Gasteiger partial charge < -0.3 is 10.6 Å². The number of nitrogens with one attached hydrogen (secondary N) is 2. The molecule has 29 heavy (non-hydrogen) atoms. The van der Waals surface area contributed by atoms with Crippen LogP contribution in [0.5, 0.6) is 0 Å². The lowest BCUT2D eigenvalue weighted by molar-refractivity contribution is -0.116. The quantitative estimate of drug-likeness (QED) is 0.471. The second-order valence-electron chi connectivity index (χ2n) is 6.55. The lowest BCUT2D eigenvalue weighted by Crippen LogP contribution is -2.14. The normalized spacial score (nSPS) is 10.6. The topological polar surface area (TPSA) is 71.1 Å². The maximum absolute atomic E-state index is 12.6. The average Bonchev–Trinajstić information content (AvgIpc) is 3.22. The van der Waals surface area contributed by atoms with Gasteiger partial charge in [-0.05, 0) is 23.4 Å². The summed E-state index contributed by atoms with van der Waals surface area (Å²) in [5, 5.41) is 9.76. The molecule has 0 saturated heterocycles. The van der Waals surface area contributed by atoms with Crippen molar-refractivity contribution in [3.8, 4) is 0 Å². The van der Waals surface area contributed by atoms with Gasteiger partial charge in [0, 0.05) is 22.9 Å². The molecule has 1 heterocycles. The molecule has 5 nitrogen and oxygen atoms in total. The lowest BCUT2D eigenvalue weighted by atomic mass is 10.1. The molecule has 0 bridgehead atoms. The largest absolute Gasteiger partial charge is 0.320 e. The molecule has 0 aliphatic rings. The third-order valence-electron chi connectivity index (χ3n) is 4.50. The molecule has 144 valence electrons. The van der Waals surface area contributed by atoms with Gasteiger partial charge in [-0.2, -0.15) is 0 Å². The number of carbonyl (C=O) groups is 2. The van der Waals surface area contributed by atoms with E-state index in [1.54, 1.807) is 5.38 Å². The van der Waals surface area contributed by atoms with E-state index in [9.17, 15) is 9.59 Å². The lowest BCUT2D eigenvalue weighted by Gasteiger charge is -2.07. The zero-order valence-electron chi connectivity index (χ0n) is 15.6. The van der Waals surface area contributed by atoms with Crippen LogP contribution in [0, 0.1) is 0 Å². The molecule has 0 radical (unpaired) electrons. The molecule has 3 aromatic carbocycles. The van der Waals surface area contributed by atoms with E-state index < -0.39 is 0 Å². The number of amides is 2. The smallest absolute Gasteiger partial charge is 0.275 e. The number of anilines is 2. The van der Waals surface area contributed by atoms with Crippen LogP contribution in [-0.2, 0) is 11.2 Å². The zero-order chi connectivity index (χ0) is 20.1. The summed E-state index contributed by atoms with van der Waals surface area (Å²) in [5.41, 5.74) is 2.12. The van der Waals surface area contributed by atoms with E-state index in [4.69, 9.17) is 0 Å². The van der Waals surface area contributed by atoms with E-state index in [0.717, 1.165) is 22.0 Å². The molecule has 0 atom stereocenters. The van der Waals surface area contributed by atoms with Crippen molar-refractivity contribution in [1.29, 1.82) is 0 Å². The molecule has 0 spiro atoms. The Morgan fingerprint density at radius 1 is 0.862 bits per heavy atom. The number of thiazole rings is 1. The molecular formula is C23H19N3O2S. The van der Waals surface area contributed by atoms with Gasteiger partial charge in [-0.3, -0.25) is 9.59 Å². The van der Waals surface area contributed by atoms with Crippen LogP contribution in [0.25, 0.3) is 10.8 Å². The summed E-state index contributed by atoms with van der Waals surface area (Å²) in [6.45, 7) is 0. The highest BCUT2D eigenvalue weighted by atomic mass is 32.1. The highest BCUT2D eigenvalue weighted by molar-refractivity contribution is 7.14. The van der Waals surface area contributed by atoms with Crippen LogP contribution < -0.4 is 10.6 Å². The summed E-state index contributed by atoms with van der Waals surface area (Å²) >= 11 is 1.24. The maximum Gasteiger partial charge on any atom is 0.275 e. The van der Waals surface area contributed by atoms with Gasteiger partial charge in [0.25, 0.3) is 5.91 Å². The molecule has 6 heteroatoms. The molecule has 4 rings (SSSR count). The zero-order valence-corrected chi connectivity index (χ0v) is 16.4. The Morgan fingerprint density at radius 2 is 1.62 bits per heavy atom. The second-order valence-corrected chi connectivity index (χ2v) is 7.41. The summed E-state index contributed by atoms with van der Waals surface area (Å²) < 4.78 is 0. The van der Waals surface area contributed by atoms with Crippen molar-refractivity contribution >= 4 is 44.7 Å². The number of benzene rings is 3. The molecule has 1 aromatic heterocycles. The van der Waals surface area contributed by atoms with Crippen molar-refractivity contribution in [3.05, 3.63) is 89.4 Å². The minimum Gasteiger partial charge on any atom is -0.320 e. The van der Waals surface area contributed by atoms with E-state index in [1.807, 2.05) is 72.8 Å². The van der Waals surface area contributed by atoms with Crippen LogP contribution >= 0.6 is 11.3 Å². The fourth-order valence-corrected chi connectivity index (χ4v) is 3.75. The standard InChI is InChI=1S/C23H19N3O2S/c27-21(14-13-16-7-2-1-3-8-16)26-23-25-20(15-29-23)22(28)24-19-12-6-10-17-9-4-5-11-18(17)19/h1-12,15H,13-14H2,(H,24,28)(H,25,26,27). The number of aryl methyl sites for hydroxylation is 1. The molecule has 0 aliphatic heterocycles. The predicted molar refractivity (Wildman–Crippen MR) is 117 cm³/mol. The minimum absolute atomic E-state index is 0.121. The first kappa shape index (κ1) is 18.8. The van der Waals surface area contributed by atoms with Crippen LogP contribution in [0.4, 0.5) is 10.8 Å². The average molecular weight is 401 g/mol. The number of nitrogens with zero attached hydrogens (tertiary/aromatic N) is 1. The molecule has 2 N–H and O–H groups in total. The van der Waals surface area contributed by atoms with Gasteiger partial charge in [0.1, 0.15) is 5.69 Å². The first-order valence-corrected chi connectivity index (χ1v) is 10.2. The monoisotopic (exact) mass is 401 g/mol. The third-order valence-corrected chi connectivity index (χ3v) is 5.26. The van der Waals surface area contributed by atoms with Crippen LogP contribution in [0.1, 0.15) is 22.5 Å². The van der Waals surface area contributed by atoms with Crippen molar-refractivity contribution in [3.63, 3.8) is 0 Å². The van der Waals surface area contributed by atoms with E-state index in [2.05, 4.69) is 15.6 Å². The Labute approximate surface area is 172 Å². The highest BCUT2D eigenvalue weighted by Crippen LogP contribution is 2.24. The van der Waals surface area contributed by atoms with E-state index >= 15 is 0 Å². The number of fused-ring (bicyclic) bond motifs is 1.